The Morgan fingerprint density at radius 3 is 2.59 bits per heavy atom. The lowest BCUT2D eigenvalue weighted by atomic mass is 9.83. The van der Waals surface area contributed by atoms with Crippen molar-refractivity contribution in [2.45, 2.75) is 26.7 Å². The van der Waals surface area contributed by atoms with E-state index in [0.717, 1.165) is 4.47 Å². The lowest BCUT2D eigenvalue weighted by Crippen LogP contribution is -2.34. The molecule has 5 heteroatoms. The van der Waals surface area contributed by atoms with Crippen molar-refractivity contribution in [1.29, 1.82) is 5.26 Å². The molecule has 1 aromatic rings. The van der Waals surface area contributed by atoms with Gasteiger partial charge in [0.1, 0.15) is 11.2 Å². The lowest BCUT2D eigenvalue weighted by molar-refractivity contribution is -0.123. The van der Waals surface area contributed by atoms with E-state index in [1.165, 1.54) is 0 Å². The predicted molar refractivity (Wildman–Crippen MR) is 69.2 cm³/mol. The van der Waals surface area contributed by atoms with Crippen LogP contribution in [0.1, 0.15) is 26.7 Å². The van der Waals surface area contributed by atoms with Crippen molar-refractivity contribution in [3.05, 3.63) is 22.8 Å². The van der Waals surface area contributed by atoms with Crippen LogP contribution >= 0.6 is 15.9 Å². The summed E-state index contributed by atoms with van der Waals surface area (Å²) in [5.41, 5.74) is -0.964. The Bertz CT molecular complexity index is 432. The van der Waals surface area contributed by atoms with Gasteiger partial charge in [-0.1, -0.05) is 13.8 Å². The van der Waals surface area contributed by atoms with Gasteiger partial charge in [0.15, 0.2) is 0 Å². The number of hydrogen-bond donors (Lipinski definition) is 1. The van der Waals surface area contributed by atoms with E-state index in [2.05, 4.69) is 32.3 Å². The van der Waals surface area contributed by atoms with Crippen LogP contribution in [0.25, 0.3) is 0 Å². The summed E-state index contributed by atoms with van der Waals surface area (Å²) >= 11 is 3.26. The smallest absolute Gasteiger partial charge is 0.245 e. The molecule has 0 aliphatic rings. The van der Waals surface area contributed by atoms with Crippen molar-refractivity contribution in [3.63, 3.8) is 0 Å². The van der Waals surface area contributed by atoms with Gasteiger partial charge in [0.25, 0.3) is 0 Å². The maximum absolute atomic E-state index is 12.0. The van der Waals surface area contributed by atoms with Crippen LogP contribution in [-0.2, 0) is 4.79 Å². The number of nitrogens with one attached hydrogen (secondary N) is 1. The third kappa shape index (κ3) is 3.04. The maximum Gasteiger partial charge on any atom is 0.245 e. The monoisotopic (exact) mass is 295 g/mol. The van der Waals surface area contributed by atoms with E-state index in [1.54, 1.807) is 18.3 Å². The van der Waals surface area contributed by atoms with Gasteiger partial charge in [-0.25, -0.2) is 4.98 Å². The van der Waals surface area contributed by atoms with Crippen molar-refractivity contribution in [2.24, 2.45) is 5.41 Å². The van der Waals surface area contributed by atoms with Gasteiger partial charge in [0.05, 0.1) is 6.07 Å². The molecular weight excluding hydrogens is 282 g/mol. The average Bonchev–Trinajstić information content (AvgIpc) is 2.35. The molecule has 0 bridgehead atoms. The number of aromatic nitrogens is 1. The van der Waals surface area contributed by atoms with Crippen molar-refractivity contribution < 1.29 is 4.79 Å². The summed E-state index contributed by atoms with van der Waals surface area (Å²) in [6, 6.07) is 5.57. The van der Waals surface area contributed by atoms with Gasteiger partial charge in [-0.2, -0.15) is 5.26 Å². The van der Waals surface area contributed by atoms with Crippen LogP contribution in [-0.4, -0.2) is 10.9 Å². The molecule has 0 radical (unpaired) electrons. The Kier molecular flexibility index (Phi) is 4.64. The van der Waals surface area contributed by atoms with E-state index in [9.17, 15) is 4.79 Å². The van der Waals surface area contributed by atoms with Gasteiger partial charge < -0.3 is 5.32 Å². The number of anilines is 1. The number of halogens is 1. The van der Waals surface area contributed by atoms with Crippen molar-refractivity contribution in [3.8, 4) is 6.07 Å². The molecule has 0 saturated carbocycles. The van der Waals surface area contributed by atoms with Crippen molar-refractivity contribution >= 4 is 27.7 Å². The fourth-order valence-corrected chi connectivity index (χ4v) is 1.70. The summed E-state index contributed by atoms with van der Waals surface area (Å²) in [4.78, 5) is 16.1. The Balaban J connectivity index is 2.85. The molecular formula is C12H14BrN3O. The SMILES string of the molecule is CCC(C#N)(CC)C(=O)Nc1ccc(Br)cn1. The minimum absolute atomic E-state index is 0.292. The van der Waals surface area contributed by atoms with Crippen LogP contribution in [0.15, 0.2) is 22.8 Å². The molecule has 17 heavy (non-hydrogen) atoms. The molecule has 0 aliphatic heterocycles. The van der Waals surface area contributed by atoms with Crippen LogP contribution in [0.2, 0.25) is 0 Å². The molecule has 0 aliphatic carbocycles. The largest absolute Gasteiger partial charge is 0.309 e. The van der Waals surface area contributed by atoms with E-state index >= 15 is 0 Å². The second-order valence-electron chi connectivity index (χ2n) is 3.72. The normalized spacial score (nSPS) is 10.7. The standard InChI is InChI=1S/C12H14BrN3O/c1-3-12(4-2,8-14)11(17)16-10-6-5-9(13)7-15-10/h5-7H,3-4H2,1-2H3,(H,15,16,17). The second kappa shape index (κ2) is 5.78. The fraction of sp³-hybridized carbons (Fsp3) is 0.417. The van der Waals surface area contributed by atoms with Crippen LogP contribution in [0, 0.1) is 16.7 Å². The number of carbonyl (C=O) groups excluding carboxylic acids is 1. The zero-order valence-electron chi connectivity index (χ0n) is 9.83. The molecule has 0 saturated heterocycles. The summed E-state index contributed by atoms with van der Waals surface area (Å²) in [6.07, 6.45) is 2.58. The molecule has 1 aromatic heterocycles. The fourth-order valence-electron chi connectivity index (χ4n) is 1.47. The Morgan fingerprint density at radius 1 is 1.53 bits per heavy atom. The molecule has 0 unspecified atom stereocenters. The topological polar surface area (TPSA) is 65.8 Å². The zero-order valence-corrected chi connectivity index (χ0v) is 11.4. The van der Waals surface area contributed by atoms with Gasteiger partial charge in [-0.3, -0.25) is 4.79 Å². The minimum atomic E-state index is -0.964. The van der Waals surface area contributed by atoms with E-state index in [0.29, 0.717) is 18.7 Å². The summed E-state index contributed by atoms with van der Waals surface area (Å²) < 4.78 is 0.841. The first kappa shape index (κ1) is 13.7. The minimum Gasteiger partial charge on any atom is -0.309 e. The first-order valence-electron chi connectivity index (χ1n) is 5.42. The van der Waals surface area contributed by atoms with Crippen LogP contribution in [0.3, 0.4) is 0 Å². The number of amides is 1. The lowest BCUT2D eigenvalue weighted by Gasteiger charge is -2.21. The van der Waals surface area contributed by atoms with E-state index < -0.39 is 5.41 Å². The summed E-state index contributed by atoms with van der Waals surface area (Å²) in [5, 5.41) is 11.8. The van der Waals surface area contributed by atoms with Gasteiger partial charge in [0, 0.05) is 10.7 Å². The Hall–Kier alpha value is -1.41. The summed E-state index contributed by atoms with van der Waals surface area (Å²) in [7, 11) is 0. The van der Waals surface area contributed by atoms with Gasteiger partial charge in [0.2, 0.25) is 5.91 Å². The average molecular weight is 296 g/mol. The zero-order chi connectivity index (χ0) is 12.9. The number of nitrogens with zero attached hydrogens (tertiary/aromatic N) is 2. The number of hydrogen-bond acceptors (Lipinski definition) is 3. The van der Waals surface area contributed by atoms with Crippen LogP contribution in [0.5, 0.6) is 0 Å². The molecule has 0 aromatic carbocycles. The maximum atomic E-state index is 12.0. The second-order valence-corrected chi connectivity index (χ2v) is 4.63. The number of pyridine rings is 1. The third-order valence-corrected chi connectivity index (χ3v) is 3.29. The first-order chi connectivity index (χ1) is 8.07. The number of carbonyl (C=O) groups is 1. The van der Waals surface area contributed by atoms with Crippen LogP contribution < -0.4 is 5.32 Å². The molecule has 1 rings (SSSR count). The summed E-state index contributed by atoms with van der Waals surface area (Å²) in [6.45, 7) is 3.67. The van der Waals surface area contributed by atoms with E-state index in [4.69, 9.17) is 5.26 Å². The summed E-state index contributed by atoms with van der Waals surface area (Å²) in [5.74, 6) is 0.166. The van der Waals surface area contributed by atoms with Crippen LogP contribution in [0.4, 0.5) is 5.82 Å². The number of rotatable bonds is 4. The Morgan fingerprint density at radius 2 is 2.18 bits per heavy atom. The highest BCUT2D eigenvalue weighted by Crippen LogP contribution is 2.27. The molecule has 1 amide bonds. The molecule has 1 heterocycles. The van der Waals surface area contributed by atoms with E-state index in [-0.39, 0.29) is 5.91 Å². The highest BCUT2D eigenvalue weighted by molar-refractivity contribution is 9.10. The van der Waals surface area contributed by atoms with Gasteiger partial charge in [-0.15, -0.1) is 0 Å². The number of nitriles is 1. The molecule has 90 valence electrons. The molecule has 1 N–H and O–H groups in total. The first-order valence-corrected chi connectivity index (χ1v) is 6.21. The highest BCUT2D eigenvalue weighted by atomic mass is 79.9. The molecule has 0 fully saturated rings. The molecule has 0 atom stereocenters. The quantitative estimate of drug-likeness (QED) is 0.928. The molecule has 0 spiro atoms. The van der Waals surface area contributed by atoms with Crippen molar-refractivity contribution in [2.75, 3.05) is 5.32 Å². The van der Waals surface area contributed by atoms with Gasteiger partial charge in [-0.05, 0) is 40.9 Å². The Labute approximate surface area is 109 Å². The predicted octanol–water partition coefficient (Wildman–Crippen LogP) is 3.11. The van der Waals surface area contributed by atoms with Gasteiger partial charge >= 0.3 is 0 Å². The highest BCUT2D eigenvalue weighted by Gasteiger charge is 2.35. The third-order valence-electron chi connectivity index (χ3n) is 2.82. The van der Waals surface area contributed by atoms with E-state index in [1.807, 2.05) is 13.8 Å². The van der Waals surface area contributed by atoms with Crippen molar-refractivity contribution in [1.82, 2.24) is 4.98 Å². The molecule has 4 nitrogen and oxygen atoms in total.